The monoisotopic (exact) mass is 331 g/mol. The SMILES string of the molecule is CCOc1c(C)cc([C@@](O)(CO)C2CC2)nc1-c1ccc(F)cc1. The zero-order valence-corrected chi connectivity index (χ0v) is 13.9. The molecule has 1 heterocycles. The Labute approximate surface area is 140 Å². The van der Waals surface area contributed by atoms with Gasteiger partial charge in [-0.15, -0.1) is 0 Å². The number of aromatic nitrogens is 1. The van der Waals surface area contributed by atoms with Crippen LogP contribution >= 0.6 is 0 Å². The predicted molar refractivity (Wildman–Crippen MR) is 89.2 cm³/mol. The van der Waals surface area contributed by atoms with Gasteiger partial charge >= 0.3 is 0 Å². The van der Waals surface area contributed by atoms with Gasteiger partial charge in [0.15, 0.2) is 0 Å². The number of benzene rings is 1. The second kappa shape index (κ2) is 6.49. The Morgan fingerprint density at radius 3 is 2.50 bits per heavy atom. The number of aliphatic hydroxyl groups is 2. The average Bonchev–Trinajstić information content (AvgIpc) is 3.42. The largest absolute Gasteiger partial charge is 0.491 e. The Morgan fingerprint density at radius 2 is 1.96 bits per heavy atom. The molecule has 1 atom stereocenters. The lowest BCUT2D eigenvalue weighted by molar-refractivity contribution is -0.0418. The summed E-state index contributed by atoms with van der Waals surface area (Å²) in [5, 5.41) is 20.6. The molecule has 1 fully saturated rings. The fraction of sp³-hybridized carbons (Fsp3) is 0.421. The fourth-order valence-corrected chi connectivity index (χ4v) is 2.99. The van der Waals surface area contributed by atoms with Crippen LogP contribution in [0.4, 0.5) is 4.39 Å². The highest BCUT2D eigenvalue weighted by molar-refractivity contribution is 5.68. The minimum absolute atomic E-state index is 0.0217. The van der Waals surface area contributed by atoms with Crippen LogP contribution in [-0.2, 0) is 5.60 Å². The lowest BCUT2D eigenvalue weighted by Crippen LogP contribution is -2.34. The maximum Gasteiger partial charge on any atom is 0.148 e. The molecule has 1 aliphatic carbocycles. The summed E-state index contributed by atoms with van der Waals surface area (Å²) in [4.78, 5) is 4.60. The van der Waals surface area contributed by atoms with Crippen LogP contribution in [0.5, 0.6) is 5.75 Å². The third-order valence-corrected chi connectivity index (χ3v) is 4.50. The van der Waals surface area contributed by atoms with Crippen molar-refractivity contribution in [3.8, 4) is 17.0 Å². The number of halogens is 1. The first-order valence-electron chi connectivity index (χ1n) is 8.23. The van der Waals surface area contributed by atoms with E-state index in [2.05, 4.69) is 4.98 Å². The van der Waals surface area contributed by atoms with E-state index in [-0.39, 0.29) is 18.3 Å². The smallest absolute Gasteiger partial charge is 0.148 e. The number of hydrogen-bond donors (Lipinski definition) is 2. The molecule has 1 aromatic carbocycles. The van der Waals surface area contributed by atoms with Crippen molar-refractivity contribution in [1.82, 2.24) is 4.98 Å². The van der Waals surface area contributed by atoms with Crippen LogP contribution in [0.3, 0.4) is 0 Å². The average molecular weight is 331 g/mol. The molecule has 2 aromatic rings. The number of hydrogen-bond acceptors (Lipinski definition) is 4. The molecule has 1 aromatic heterocycles. The first kappa shape index (κ1) is 16.9. The quantitative estimate of drug-likeness (QED) is 0.853. The second-order valence-corrected chi connectivity index (χ2v) is 6.30. The van der Waals surface area contributed by atoms with E-state index in [9.17, 15) is 14.6 Å². The molecular formula is C19H22FNO3. The van der Waals surface area contributed by atoms with Gasteiger partial charge in [-0.25, -0.2) is 9.37 Å². The summed E-state index contributed by atoms with van der Waals surface area (Å²) in [6.45, 7) is 3.87. The van der Waals surface area contributed by atoms with Crippen molar-refractivity contribution in [3.63, 3.8) is 0 Å². The van der Waals surface area contributed by atoms with Crippen LogP contribution < -0.4 is 4.74 Å². The molecular weight excluding hydrogens is 309 g/mol. The van der Waals surface area contributed by atoms with Gasteiger partial charge in [-0.3, -0.25) is 0 Å². The molecule has 0 radical (unpaired) electrons. The molecule has 0 spiro atoms. The molecule has 0 saturated heterocycles. The first-order valence-corrected chi connectivity index (χ1v) is 8.23. The van der Waals surface area contributed by atoms with E-state index >= 15 is 0 Å². The van der Waals surface area contributed by atoms with Crippen molar-refractivity contribution in [3.05, 3.63) is 47.4 Å². The minimum atomic E-state index is -1.34. The molecule has 0 unspecified atom stereocenters. The highest BCUT2D eigenvalue weighted by Crippen LogP contribution is 2.46. The normalized spacial score (nSPS) is 16.7. The van der Waals surface area contributed by atoms with Crippen molar-refractivity contribution in [2.24, 2.45) is 5.92 Å². The van der Waals surface area contributed by atoms with E-state index in [1.54, 1.807) is 18.2 Å². The second-order valence-electron chi connectivity index (χ2n) is 6.30. The maximum atomic E-state index is 13.2. The van der Waals surface area contributed by atoms with E-state index in [0.717, 1.165) is 18.4 Å². The van der Waals surface area contributed by atoms with Crippen molar-refractivity contribution in [1.29, 1.82) is 0 Å². The molecule has 0 bridgehead atoms. The Hall–Kier alpha value is -1.98. The molecule has 2 N–H and O–H groups in total. The lowest BCUT2D eigenvalue weighted by atomic mass is 9.92. The van der Waals surface area contributed by atoms with Crippen molar-refractivity contribution in [2.45, 2.75) is 32.3 Å². The third kappa shape index (κ3) is 3.01. The number of aryl methyl sites for hydroxylation is 1. The number of nitrogens with zero attached hydrogens (tertiary/aromatic N) is 1. The number of rotatable bonds is 6. The van der Waals surface area contributed by atoms with Gasteiger partial charge in [0.05, 0.1) is 18.9 Å². The summed E-state index contributed by atoms with van der Waals surface area (Å²) >= 11 is 0. The summed E-state index contributed by atoms with van der Waals surface area (Å²) in [7, 11) is 0. The van der Waals surface area contributed by atoms with Gasteiger partial charge in [0.2, 0.25) is 0 Å². The van der Waals surface area contributed by atoms with Crippen molar-refractivity contribution >= 4 is 0 Å². The van der Waals surface area contributed by atoms with Crippen molar-refractivity contribution in [2.75, 3.05) is 13.2 Å². The number of pyridine rings is 1. The summed E-state index contributed by atoms with van der Waals surface area (Å²) in [5.74, 6) is 0.312. The summed E-state index contributed by atoms with van der Waals surface area (Å²) in [6.07, 6.45) is 1.74. The van der Waals surface area contributed by atoms with Crippen molar-refractivity contribution < 1.29 is 19.3 Å². The summed E-state index contributed by atoms with van der Waals surface area (Å²) < 4.78 is 19.0. The molecule has 0 amide bonds. The maximum absolute atomic E-state index is 13.2. The summed E-state index contributed by atoms with van der Waals surface area (Å²) in [6, 6.07) is 7.78. The van der Waals surface area contributed by atoms with Crippen LogP contribution in [0.25, 0.3) is 11.3 Å². The molecule has 0 aliphatic heterocycles. The van der Waals surface area contributed by atoms with Crippen LogP contribution in [0.15, 0.2) is 30.3 Å². The molecule has 1 aliphatic rings. The Morgan fingerprint density at radius 1 is 1.29 bits per heavy atom. The van der Waals surface area contributed by atoms with E-state index in [1.807, 2.05) is 13.8 Å². The van der Waals surface area contributed by atoms with Gasteiger partial charge in [-0.1, -0.05) is 0 Å². The minimum Gasteiger partial charge on any atom is -0.491 e. The van der Waals surface area contributed by atoms with Crippen LogP contribution in [0.1, 0.15) is 31.0 Å². The number of aliphatic hydroxyl groups excluding tert-OH is 1. The topological polar surface area (TPSA) is 62.6 Å². The summed E-state index contributed by atoms with van der Waals surface area (Å²) in [5.41, 5.74) is 1.19. The molecule has 24 heavy (non-hydrogen) atoms. The molecule has 3 rings (SSSR count). The Balaban J connectivity index is 2.15. The molecule has 5 heteroatoms. The molecule has 4 nitrogen and oxygen atoms in total. The van der Waals surface area contributed by atoms with Crippen LogP contribution in [0.2, 0.25) is 0 Å². The predicted octanol–water partition coefficient (Wildman–Crippen LogP) is 3.18. The van der Waals surface area contributed by atoms with Gasteiger partial charge in [-0.05, 0) is 68.5 Å². The number of ether oxygens (including phenoxy) is 1. The van der Waals surface area contributed by atoms with Gasteiger partial charge in [0.1, 0.15) is 22.9 Å². The van der Waals surface area contributed by atoms with E-state index in [4.69, 9.17) is 4.74 Å². The van der Waals surface area contributed by atoms with Crippen LogP contribution in [-0.4, -0.2) is 28.4 Å². The standard InChI is InChI=1S/C19H22FNO3/c1-3-24-18-12(2)10-16(19(23,11-22)14-6-7-14)21-17(18)13-4-8-15(20)9-5-13/h4-5,8-10,14,22-23H,3,6-7,11H2,1-2H3/t19-/m1/s1. The molecule has 128 valence electrons. The van der Waals surface area contributed by atoms with Gasteiger partial charge in [-0.2, -0.15) is 0 Å². The van der Waals surface area contributed by atoms with Crippen LogP contribution in [0, 0.1) is 18.7 Å². The molecule has 1 saturated carbocycles. The fourth-order valence-electron chi connectivity index (χ4n) is 2.99. The van der Waals surface area contributed by atoms with Gasteiger partial charge in [0, 0.05) is 5.56 Å². The zero-order chi connectivity index (χ0) is 17.3. The lowest BCUT2D eigenvalue weighted by Gasteiger charge is -2.27. The highest BCUT2D eigenvalue weighted by Gasteiger charge is 2.46. The highest BCUT2D eigenvalue weighted by atomic mass is 19.1. The zero-order valence-electron chi connectivity index (χ0n) is 13.9. The third-order valence-electron chi connectivity index (χ3n) is 4.50. The van der Waals surface area contributed by atoms with Gasteiger partial charge < -0.3 is 14.9 Å². The van der Waals surface area contributed by atoms with Gasteiger partial charge in [0.25, 0.3) is 0 Å². The Bertz CT molecular complexity index is 728. The van der Waals surface area contributed by atoms with E-state index in [1.165, 1.54) is 12.1 Å². The van der Waals surface area contributed by atoms with E-state index < -0.39 is 5.60 Å². The first-order chi connectivity index (χ1) is 11.5. The van der Waals surface area contributed by atoms with E-state index in [0.29, 0.717) is 29.3 Å². The Kier molecular flexibility index (Phi) is 4.56.